The van der Waals surface area contributed by atoms with Crippen LogP contribution in [0, 0.1) is 10.1 Å². The third kappa shape index (κ3) is 4.48. The van der Waals surface area contributed by atoms with E-state index in [0.717, 1.165) is 5.56 Å². The molecule has 34 heavy (non-hydrogen) atoms. The molecule has 2 N–H and O–H groups in total. The number of carbonyl (C=O) groups is 1. The smallest absolute Gasteiger partial charge is 0.275 e. The molecule has 1 aromatic heterocycles. The quantitative estimate of drug-likeness (QED) is 0.280. The van der Waals surface area contributed by atoms with E-state index in [1.54, 1.807) is 48.5 Å². The van der Waals surface area contributed by atoms with Gasteiger partial charge in [0.25, 0.3) is 11.6 Å². The predicted molar refractivity (Wildman–Crippen MR) is 123 cm³/mol. The summed E-state index contributed by atoms with van der Waals surface area (Å²) in [4.78, 5) is 23.6. The van der Waals surface area contributed by atoms with Gasteiger partial charge in [-0.1, -0.05) is 11.6 Å². The number of nitro groups is 1. The van der Waals surface area contributed by atoms with Gasteiger partial charge in [0.1, 0.15) is 17.2 Å². The molecule has 1 aliphatic heterocycles. The van der Waals surface area contributed by atoms with Gasteiger partial charge in [0.2, 0.25) is 6.79 Å². The van der Waals surface area contributed by atoms with E-state index in [9.17, 15) is 14.9 Å². The lowest BCUT2D eigenvalue weighted by Gasteiger charge is -2.09. The zero-order valence-corrected chi connectivity index (χ0v) is 18.0. The number of benzene rings is 3. The van der Waals surface area contributed by atoms with Crippen molar-refractivity contribution in [1.29, 1.82) is 0 Å². The van der Waals surface area contributed by atoms with Crippen LogP contribution in [-0.4, -0.2) is 27.8 Å². The molecule has 0 saturated carbocycles. The Hall–Kier alpha value is -4.57. The van der Waals surface area contributed by atoms with Gasteiger partial charge in [0.15, 0.2) is 11.5 Å². The Morgan fingerprint density at radius 2 is 1.82 bits per heavy atom. The number of aromatic nitrogens is 2. The Bertz CT molecular complexity index is 1400. The van der Waals surface area contributed by atoms with E-state index in [2.05, 4.69) is 15.5 Å². The lowest BCUT2D eigenvalue weighted by Crippen LogP contribution is -2.12. The minimum absolute atomic E-state index is 0.153. The predicted octanol–water partition coefficient (Wildman–Crippen LogP) is 5.41. The van der Waals surface area contributed by atoms with Gasteiger partial charge in [-0.25, -0.2) is 0 Å². The zero-order chi connectivity index (χ0) is 23.7. The maximum atomic E-state index is 12.8. The number of aromatic amines is 1. The van der Waals surface area contributed by atoms with Gasteiger partial charge in [-0.15, -0.1) is 0 Å². The maximum absolute atomic E-state index is 12.8. The van der Waals surface area contributed by atoms with Crippen molar-refractivity contribution in [2.45, 2.75) is 0 Å². The van der Waals surface area contributed by atoms with E-state index in [0.29, 0.717) is 28.0 Å². The first-order valence-corrected chi connectivity index (χ1v) is 10.3. The van der Waals surface area contributed by atoms with Crippen LogP contribution in [0.2, 0.25) is 5.02 Å². The van der Waals surface area contributed by atoms with Crippen LogP contribution >= 0.6 is 11.6 Å². The lowest BCUT2D eigenvalue weighted by atomic mass is 10.1. The number of H-pyrrole nitrogens is 1. The molecule has 11 heteroatoms. The minimum Gasteiger partial charge on any atom is -0.457 e. The van der Waals surface area contributed by atoms with E-state index >= 15 is 0 Å². The Morgan fingerprint density at radius 1 is 1.03 bits per heavy atom. The Balaban J connectivity index is 1.36. The molecular weight excluding hydrogens is 464 g/mol. The molecule has 0 saturated heterocycles. The summed E-state index contributed by atoms with van der Waals surface area (Å²) in [5.41, 5.74) is 1.36. The SMILES string of the molecule is O=C(Nc1cc(Oc2ccc(Cl)cc2)cc([N+](=O)[O-])c1)c1cc(-c2ccc3c(c2)OCO3)n[nH]1. The highest BCUT2D eigenvalue weighted by atomic mass is 35.5. The van der Waals surface area contributed by atoms with Crippen molar-refractivity contribution >= 4 is 28.9 Å². The summed E-state index contributed by atoms with van der Waals surface area (Å²) in [5, 5.41) is 21.4. The van der Waals surface area contributed by atoms with Crippen LogP contribution in [0.15, 0.2) is 66.7 Å². The number of fused-ring (bicyclic) bond motifs is 1. The molecule has 2 heterocycles. The molecule has 0 aliphatic carbocycles. The Morgan fingerprint density at radius 3 is 2.62 bits per heavy atom. The highest BCUT2D eigenvalue weighted by Crippen LogP contribution is 2.35. The third-order valence-corrected chi connectivity index (χ3v) is 5.15. The highest BCUT2D eigenvalue weighted by molar-refractivity contribution is 6.30. The molecule has 170 valence electrons. The molecule has 5 rings (SSSR count). The second-order valence-corrected chi connectivity index (χ2v) is 7.65. The summed E-state index contributed by atoms with van der Waals surface area (Å²) in [6.45, 7) is 0.153. The van der Waals surface area contributed by atoms with Crippen molar-refractivity contribution < 1.29 is 23.9 Å². The van der Waals surface area contributed by atoms with Gasteiger partial charge in [-0.2, -0.15) is 5.10 Å². The van der Waals surface area contributed by atoms with Crippen LogP contribution in [0.3, 0.4) is 0 Å². The van der Waals surface area contributed by atoms with Gasteiger partial charge < -0.3 is 19.5 Å². The molecule has 0 unspecified atom stereocenters. The van der Waals surface area contributed by atoms with Gasteiger partial charge in [-0.3, -0.25) is 20.0 Å². The normalized spacial score (nSPS) is 11.8. The Labute approximate surface area is 197 Å². The highest BCUT2D eigenvalue weighted by Gasteiger charge is 2.18. The van der Waals surface area contributed by atoms with Crippen molar-refractivity contribution in [3.8, 4) is 34.3 Å². The van der Waals surface area contributed by atoms with Crippen LogP contribution in [0.25, 0.3) is 11.3 Å². The van der Waals surface area contributed by atoms with Crippen molar-refractivity contribution in [2.75, 3.05) is 12.1 Å². The number of halogens is 1. The molecule has 1 amide bonds. The van der Waals surface area contributed by atoms with Crippen molar-refractivity contribution in [2.24, 2.45) is 0 Å². The van der Waals surface area contributed by atoms with Crippen molar-refractivity contribution in [3.05, 3.63) is 87.6 Å². The van der Waals surface area contributed by atoms with Crippen molar-refractivity contribution in [3.63, 3.8) is 0 Å². The van der Waals surface area contributed by atoms with Gasteiger partial charge in [0, 0.05) is 22.7 Å². The van der Waals surface area contributed by atoms with Crippen LogP contribution in [-0.2, 0) is 0 Å². The molecule has 10 nitrogen and oxygen atoms in total. The van der Waals surface area contributed by atoms with Gasteiger partial charge in [0.05, 0.1) is 22.4 Å². The number of hydrogen-bond donors (Lipinski definition) is 2. The standard InChI is InChI=1S/C23H15ClN4O6/c24-14-2-4-17(5-3-14)34-18-9-15(8-16(10-18)28(30)31)25-23(29)20-11-19(26-27-20)13-1-6-21-22(7-13)33-12-32-21/h1-11H,12H2,(H,25,29)(H,26,27). The summed E-state index contributed by atoms with van der Waals surface area (Å²) in [6.07, 6.45) is 0. The maximum Gasteiger partial charge on any atom is 0.275 e. The van der Waals surface area contributed by atoms with E-state index < -0.39 is 10.8 Å². The number of hydrogen-bond acceptors (Lipinski definition) is 7. The second-order valence-electron chi connectivity index (χ2n) is 7.22. The molecular formula is C23H15ClN4O6. The number of ether oxygens (including phenoxy) is 3. The minimum atomic E-state index is -0.571. The summed E-state index contributed by atoms with van der Waals surface area (Å²) < 4.78 is 16.4. The molecule has 0 atom stereocenters. The van der Waals surface area contributed by atoms with E-state index in [1.165, 1.54) is 18.2 Å². The summed E-state index contributed by atoms with van der Waals surface area (Å²) in [5.74, 6) is 1.31. The summed E-state index contributed by atoms with van der Waals surface area (Å²) in [7, 11) is 0. The fourth-order valence-electron chi connectivity index (χ4n) is 3.30. The molecule has 0 fully saturated rings. The average molecular weight is 479 g/mol. The van der Waals surface area contributed by atoms with Crippen molar-refractivity contribution in [1.82, 2.24) is 10.2 Å². The lowest BCUT2D eigenvalue weighted by molar-refractivity contribution is -0.384. The molecule has 3 aromatic carbocycles. The van der Waals surface area contributed by atoms with Crippen LogP contribution in [0.4, 0.5) is 11.4 Å². The topological polar surface area (TPSA) is 129 Å². The van der Waals surface area contributed by atoms with Crippen LogP contribution < -0.4 is 19.5 Å². The largest absolute Gasteiger partial charge is 0.457 e. The van der Waals surface area contributed by atoms with E-state index in [4.69, 9.17) is 25.8 Å². The fraction of sp³-hybridized carbons (Fsp3) is 0.0435. The number of amides is 1. The molecule has 0 bridgehead atoms. The zero-order valence-electron chi connectivity index (χ0n) is 17.3. The average Bonchev–Trinajstić information content (AvgIpc) is 3.50. The first kappa shape index (κ1) is 21.3. The monoisotopic (exact) mass is 478 g/mol. The number of anilines is 1. The second kappa shape index (κ2) is 8.75. The number of carbonyl (C=O) groups excluding carboxylic acids is 1. The number of rotatable bonds is 6. The molecule has 0 radical (unpaired) electrons. The van der Waals surface area contributed by atoms with Crippen LogP contribution in [0.5, 0.6) is 23.0 Å². The van der Waals surface area contributed by atoms with E-state index in [-0.39, 0.29) is 29.6 Å². The van der Waals surface area contributed by atoms with Gasteiger partial charge in [-0.05, 0) is 48.5 Å². The molecule has 1 aliphatic rings. The van der Waals surface area contributed by atoms with Crippen LogP contribution in [0.1, 0.15) is 10.5 Å². The number of nitrogens with zero attached hydrogens (tertiary/aromatic N) is 2. The summed E-state index contributed by atoms with van der Waals surface area (Å²) >= 11 is 5.88. The third-order valence-electron chi connectivity index (χ3n) is 4.90. The molecule has 0 spiro atoms. The number of nitro benzene ring substituents is 1. The first-order chi connectivity index (χ1) is 16.4. The van der Waals surface area contributed by atoms with Gasteiger partial charge >= 0.3 is 0 Å². The molecule has 4 aromatic rings. The van der Waals surface area contributed by atoms with E-state index in [1.807, 2.05) is 0 Å². The number of nitrogens with one attached hydrogen (secondary N) is 2. The first-order valence-electron chi connectivity index (χ1n) is 9.94. The number of non-ortho nitro benzene ring substituents is 1. The summed E-state index contributed by atoms with van der Waals surface area (Å²) in [6, 6.07) is 17.4. The fourth-order valence-corrected chi connectivity index (χ4v) is 3.42. The Kier molecular flexibility index (Phi) is 5.48.